The molecule has 0 fully saturated rings. The van der Waals surface area contributed by atoms with E-state index in [1.54, 1.807) is 24.3 Å². The minimum atomic E-state index is -0.465. The van der Waals surface area contributed by atoms with Gasteiger partial charge in [0.25, 0.3) is 5.91 Å². The first-order valence-electron chi connectivity index (χ1n) is 6.76. The lowest BCUT2D eigenvalue weighted by atomic mass is 10.2. The third-order valence-electron chi connectivity index (χ3n) is 2.86. The molecule has 2 aromatic rings. The van der Waals surface area contributed by atoms with Crippen LogP contribution in [0.5, 0.6) is 17.2 Å². The maximum Gasteiger partial charge on any atom is 0.277 e. The number of nitrogens with one attached hydrogen (secondary N) is 1. The van der Waals surface area contributed by atoms with Crippen molar-refractivity contribution in [3.8, 4) is 17.2 Å². The Labute approximate surface area is 148 Å². The molecule has 8 heteroatoms. The molecule has 0 radical (unpaired) electrons. The molecule has 0 saturated heterocycles. The number of rotatable bonds is 6. The van der Waals surface area contributed by atoms with Crippen LogP contribution in [0.15, 0.2) is 41.5 Å². The number of amides is 1. The molecule has 24 heavy (non-hydrogen) atoms. The van der Waals surface area contributed by atoms with Gasteiger partial charge in [0, 0.05) is 11.1 Å². The van der Waals surface area contributed by atoms with Crippen LogP contribution >= 0.6 is 23.2 Å². The van der Waals surface area contributed by atoms with Crippen LogP contribution < -0.4 is 14.9 Å². The van der Waals surface area contributed by atoms with Gasteiger partial charge < -0.3 is 14.6 Å². The maximum atomic E-state index is 11.7. The standard InChI is InChI=1S/C16H14Cl2N2O4/c1-23-15-6-10(2-5-13(15)21)8-19-20-16(22)9-24-14-7-11(17)3-4-12(14)18/h2-8,21H,9H2,1H3,(H,20,22). The molecule has 2 rings (SSSR count). The highest BCUT2D eigenvalue weighted by atomic mass is 35.5. The zero-order valence-corrected chi connectivity index (χ0v) is 14.1. The van der Waals surface area contributed by atoms with Crippen molar-refractivity contribution in [3.05, 3.63) is 52.0 Å². The predicted molar refractivity (Wildman–Crippen MR) is 92.4 cm³/mol. The van der Waals surface area contributed by atoms with Crippen LogP contribution in [0.2, 0.25) is 10.0 Å². The van der Waals surface area contributed by atoms with E-state index in [1.165, 1.54) is 25.5 Å². The van der Waals surface area contributed by atoms with Crippen molar-refractivity contribution in [2.24, 2.45) is 5.10 Å². The molecule has 0 unspecified atom stereocenters. The molecule has 2 aromatic carbocycles. The molecule has 6 nitrogen and oxygen atoms in total. The van der Waals surface area contributed by atoms with Gasteiger partial charge in [-0.05, 0) is 35.9 Å². The molecule has 0 aliphatic rings. The van der Waals surface area contributed by atoms with Gasteiger partial charge in [0.2, 0.25) is 0 Å². The molecular weight excluding hydrogens is 355 g/mol. The number of nitrogens with zero attached hydrogens (tertiary/aromatic N) is 1. The predicted octanol–water partition coefficient (Wildman–Crippen LogP) is 3.24. The summed E-state index contributed by atoms with van der Waals surface area (Å²) in [6, 6.07) is 9.37. The number of hydrogen-bond donors (Lipinski definition) is 2. The van der Waals surface area contributed by atoms with Crippen LogP contribution in [0.3, 0.4) is 0 Å². The summed E-state index contributed by atoms with van der Waals surface area (Å²) in [5.41, 5.74) is 2.96. The topological polar surface area (TPSA) is 80.2 Å². The lowest BCUT2D eigenvalue weighted by Gasteiger charge is -2.07. The van der Waals surface area contributed by atoms with Gasteiger partial charge in [0.05, 0.1) is 18.3 Å². The van der Waals surface area contributed by atoms with Crippen LogP contribution in [-0.4, -0.2) is 30.9 Å². The van der Waals surface area contributed by atoms with E-state index >= 15 is 0 Å². The van der Waals surface area contributed by atoms with Gasteiger partial charge in [0.15, 0.2) is 18.1 Å². The van der Waals surface area contributed by atoms with Crippen molar-refractivity contribution in [1.29, 1.82) is 0 Å². The van der Waals surface area contributed by atoms with Gasteiger partial charge in [0.1, 0.15) is 5.75 Å². The summed E-state index contributed by atoms with van der Waals surface area (Å²) in [5, 5.41) is 14.1. The number of phenols is 1. The Morgan fingerprint density at radius 2 is 2.04 bits per heavy atom. The first kappa shape index (κ1) is 17.9. The highest BCUT2D eigenvalue weighted by Gasteiger charge is 2.06. The summed E-state index contributed by atoms with van der Waals surface area (Å²) in [6.45, 7) is -0.268. The SMILES string of the molecule is COc1cc(C=NNC(=O)COc2cc(Cl)ccc2Cl)ccc1O. The van der Waals surface area contributed by atoms with E-state index in [0.717, 1.165) is 0 Å². The summed E-state index contributed by atoms with van der Waals surface area (Å²) in [7, 11) is 1.44. The van der Waals surface area contributed by atoms with Crippen LogP contribution in [0, 0.1) is 0 Å². The Bertz CT molecular complexity index is 766. The Morgan fingerprint density at radius 1 is 1.25 bits per heavy atom. The Hall–Kier alpha value is -2.44. The van der Waals surface area contributed by atoms with Crippen LogP contribution in [0.25, 0.3) is 0 Å². The highest BCUT2D eigenvalue weighted by molar-refractivity contribution is 6.34. The van der Waals surface area contributed by atoms with E-state index in [2.05, 4.69) is 10.5 Å². The molecule has 0 aliphatic heterocycles. The van der Waals surface area contributed by atoms with Gasteiger partial charge in [-0.25, -0.2) is 5.43 Å². The maximum absolute atomic E-state index is 11.7. The van der Waals surface area contributed by atoms with Crippen molar-refractivity contribution in [2.45, 2.75) is 0 Å². The fourth-order valence-electron chi connectivity index (χ4n) is 1.72. The molecular formula is C16H14Cl2N2O4. The normalized spacial score (nSPS) is 10.6. The second kappa shape index (κ2) is 8.42. The number of aromatic hydroxyl groups is 1. The van der Waals surface area contributed by atoms with Crippen molar-refractivity contribution in [1.82, 2.24) is 5.43 Å². The average Bonchev–Trinajstić information content (AvgIpc) is 2.57. The van der Waals surface area contributed by atoms with Crippen LogP contribution in [0.4, 0.5) is 0 Å². The van der Waals surface area contributed by atoms with Crippen molar-refractivity contribution in [3.63, 3.8) is 0 Å². The number of ether oxygens (including phenoxy) is 2. The number of phenolic OH excluding ortho intramolecular Hbond substituents is 1. The zero-order chi connectivity index (χ0) is 17.5. The minimum absolute atomic E-state index is 0.0190. The molecule has 2 N–H and O–H groups in total. The molecule has 0 heterocycles. The summed E-state index contributed by atoms with van der Waals surface area (Å²) in [5.74, 6) is 0.175. The molecule has 0 bridgehead atoms. The average molecular weight is 369 g/mol. The smallest absolute Gasteiger partial charge is 0.277 e. The minimum Gasteiger partial charge on any atom is -0.504 e. The third-order valence-corrected chi connectivity index (χ3v) is 3.41. The lowest BCUT2D eigenvalue weighted by molar-refractivity contribution is -0.123. The zero-order valence-electron chi connectivity index (χ0n) is 12.6. The van der Waals surface area contributed by atoms with Crippen molar-refractivity contribution >= 4 is 35.3 Å². The molecule has 0 saturated carbocycles. The lowest BCUT2D eigenvalue weighted by Crippen LogP contribution is -2.24. The van der Waals surface area contributed by atoms with Crippen LogP contribution in [-0.2, 0) is 4.79 Å². The number of carbonyl (C=O) groups excluding carboxylic acids is 1. The molecule has 0 atom stereocenters. The Kier molecular flexibility index (Phi) is 6.28. The first-order chi connectivity index (χ1) is 11.5. The van der Waals surface area contributed by atoms with Crippen molar-refractivity contribution in [2.75, 3.05) is 13.7 Å². The number of hydrogen-bond acceptors (Lipinski definition) is 5. The molecule has 126 valence electrons. The molecule has 0 spiro atoms. The number of benzene rings is 2. The summed E-state index contributed by atoms with van der Waals surface area (Å²) in [4.78, 5) is 11.7. The van der Waals surface area contributed by atoms with E-state index in [-0.39, 0.29) is 12.4 Å². The fraction of sp³-hybridized carbons (Fsp3) is 0.125. The van der Waals surface area contributed by atoms with E-state index < -0.39 is 5.91 Å². The van der Waals surface area contributed by atoms with E-state index in [1.807, 2.05) is 0 Å². The van der Waals surface area contributed by atoms with Gasteiger partial charge in [-0.2, -0.15) is 5.10 Å². The molecule has 0 aliphatic carbocycles. The van der Waals surface area contributed by atoms with Crippen LogP contribution in [0.1, 0.15) is 5.56 Å². The molecule has 1 amide bonds. The van der Waals surface area contributed by atoms with Gasteiger partial charge in [-0.15, -0.1) is 0 Å². The van der Waals surface area contributed by atoms with Gasteiger partial charge in [-0.3, -0.25) is 4.79 Å². The highest BCUT2D eigenvalue weighted by Crippen LogP contribution is 2.27. The second-order valence-corrected chi connectivity index (χ2v) is 5.43. The van der Waals surface area contributed by atoms with E-state index in [0.29, 0.717) is 27.1 Å². The summed E-state index contributed by atoms with van der Waals surface area (Å²) < 4.78 is 10.3. The van der Waals surface area contributed by atoms with Gasteiger partial charge in [-0.1, -0.05) is 23.2 Å². The second-order valence-electron chi connectivity index (χ2n) is 4.59. The monoisotopic (exact) mass is 368 g/mol. The fourth-order valence-corrected chi connectivity index (χ4v) is 2.05. The van der Waals surface area contributed by atoms with E-state index in [9.17, 15) is 9.90 Å². The molecule has 0 aromatic heterocycles. The summed E-state index contributed by atoms with van der Waals surface area (Å²) >= 11 is 11.8. The number of halogens is 2. The summed E-state index contributed by atoms with van der Waals surface area (Å²) in [6.07, 6.45) is 1.41. The quantitative estimate of drug-likeness (QED) is 0.605. The Morgan fingerprint density at radius 3 is 2.79 bits per heavy atom. The van der Waals surface area contributed by atoms with Gasteiger partial charge >= 0.3 is 0 Å². The Balaban J connectivity index is 1.88. The largest absolute Gasteiger partial charge is 0.504 e. The number of hydrazone groups is 1. The third kappa shape index (κ3) is 5.04. The number of methoxy groups -OCH3 is 1. The van der Waals surface area contributed by atoms with Crippen molar-refractivity contribution < 1.29 is 19.4 Å². The first-order valence-corrected chi connectivity index (χ1v) is 7.52. The van der Waals surface area contributed by atoms with E-state index in [4.69, 9.17) is 32.7 Å². The number of carbonyl (C=O) groups is 1.